The van der Waals surface area contributed by atoms with Crippen LogP contribution in [0.25, 0.3) is 0 Å². The predicted octanol–water partition coefficient (Wildman–Crippen LogP) is 2.92. The number of hydrogen-bond donors (Lipinski definition) is 1. The minimum atomic E-state index is 0.812. The van der Waals surface area contributed by atoms with Crippen molar-refractivity contribution in [2.45, 2.75) is 46.1 Å². The van der Waals surface area contributed by atoms with Gasteiger partial charge in [-0.15, -0.1) is 0 Å². The summed E-state index contributed by atoms with van der Waals surface area (Å²) in [4.78, 5) is 0. The molecule has 1 rings (SSSR count). The van der Waals surface area contributed by atoms with Gasteiger partial charge in [0.15, 0.2) is 0 Å². The SMILES string of the molecule is CCCCCNCc1c(Cl)c(CC)nn1C. The topological polar surface area (TPSA) is 29.9 Å². The molecular weight excluding hydrogens is 222 g/mol. The van der Waals surface area contributed by atoms with Crippen molar-refractivity contribution in [1.29, 1.82) is 0 Å². The number of nitrogens with zero attached hydrogens (tertiary/aromatic N) is 2. The molecule has 0 aromatic carbocycles. The van der Waals surface area contributed by atoms with E-state index in [4.69, 9.17) is 11.6 Å². The number of hydrogen-bond acceptors (Lipinski definition) is 2. The molecule has 0 radical (unpaired) electrons. The molecule has 1 aromatic heterocycles. The van der Waals surface area contributed by atoms with E-state index in [1.54, 1.807) is 0 Å². The van der Waals surface area contributed by atoms with E-state index in [-0.39, 0.29) is 0 Å². The Morgan fingerprint density at radius 3 is 2.62 bits per heavy atom. The Bertz CT molecular complexity index is 320. The normalized spacial score (nSPS) is 11.0. The highest BCUT2D eigenvalue weighted by atomic mass is 35.5. The van der Waals surface area contributed by atoms with Crippen LogP contribution < -0.4 is 5.32 Å². The third-order valence-electron chi connectivity index (χ3n) is 2.75. The molecule has 0 fully saturated rings. The van der Waals surface area contributed by atoms with Gasteiger partial charge in [-0.3, -0.25) is 4.68 Å². The predicted molar refractivity (Wildman–Crippen MR) is 68.8 cm³/mol. The standard InChI is InChI=1S/C12H22ClN3/c1-4-6-7-8-14-9-11-12(13)10(5-2)15-16(11)3/h14H,4-9H2,1-3H3. The second kappa shape index (κ2) is 6.92. The molecule has 0 aliphatic heterocycles. The lowest BCUT2D eigenvalue weighted by Gasteiger charge is -2.05. The Morgan fingerprint density at radius 1 is 1.31 bits per heavy atom. The first-order valence-corrected chi connectivity index (χ1v) is 6.49. The third kappa shape index (κ3) is 3.49. The second-order valence-electron chi connectivity index (χ2n) is 4.07. The van der Waals surface area contributed by atoms with Gasteiger partial charge in [-0.2, -0.15) is 5.10 Å². The fourth-order valence-corrected chi connectivity index (χ4v) is 2.08. The fraction of sp³-hybridized carbons (Fsp3) is 0.750. The van der Waals surface area contributed by atoms with Gasteiger partial charge in [-0.25, -0.2) is 0 Å². The molecule has 0 aliphatic carbocycles. The number of aryl methyl sites for hydroxylation is 2. The molecule has 1 heterocycles. The average Bonchev–Trinajstić information content (AvgIpc) is 2.55. The van der Waals surface area contributed by atoms with Crippen molar-refractivity contribution in [1.82, 2.24) is 15.1 Å². The van der Waals surface area contributed by atoms with Crippen LogP contribution >= 0.6 is 11.6 Å². The molecule has 0 spiro atoms. The van der Waals surface area contributed by atoms with Gasteiger partial charge in [0.2, 0.25) is 0 Å². The molecule has 1 N–H and O–H groups in total. The third-order valence-corrected chi connectivity index (χ3v) is 3.19. The maximum atomic E-state index is 6.25. The molecule has 0 aliphatic rings. The summed E-state index contributed by atoms with van der Waals surface area (Å²) in [6.45, 7) is 6.15. The lowest BCUT2D eigenvalue weighted by atomic mass is 10.2. The zero-order chi connectivity index (χ0) is 12.0. The van der Waals surface area contributed by atoms with Crippen molar-refractivity contribution in [3.05, 3.63) is 16.4 Å². The quantitative estimate of drug-likeness (QED) is 0.747. The Hall–Kier alpha value is -0.540. The molecule has 3 nitrogen and oxygen atoms in total. The minimum Gasteiger partial charge on any atom is -0.311 e. The highest BCUT2D eigenvalue weighted by Gasteiger charge is 2.11. The fourth-order valence-electron chi connectivity index (χ4n) is 1.72. The molecular formula is C12H22ClN3. The molecule has 0 bridgehead atoms. The zero-order valence-corrected chi connectivity index (χ0v) is 11.3. The van der Waals surface area contributed by atoms with Crippen LogP contribution in [0.3, 0.4) is 0 Å². The maximum Gasteiger partial charge on any atom is 0.0863 e. The largest absolute Gasteiger partial charge is 0.311 e. The first-order chi connectivity index (χ1) is 7.70. The zero-order valence-electron chi connectivity index (χ0n) is 10.5. The van der Waals surface area contributed by atoms with E-state index in [2.05, 4.69) is 24.3 Å². The lowest BCUT2D eigenvalue weighted by molar-refractivity contribution is 0.587. The van der Waals surface area contributed by atoms with Crippen molar-refractivity contribution in [2.24, 2.45) is 7.05 Å². The molecule has 16 heavy (non-hydrogen) atoms. The lowest BCUT2D eigenvalue weighted by Crippen LogP contribution is -2.17. The highest BCUT2D eigenvalue weighted by molar-refractivity contribution is 6.31. The molecule has 0 atom stereocenters. The Kier molecular flexibility index (Phi) is 5.85. The second-order valence-corrected chi connectivity index (χ2v) is 4.45. The van der Waals surface area contributed by atoms with Gasteiger partial charge >= 0.3 is 0 Å². The van der Waals surface area contributed by atoms with Gasteiger partial charge in [0.1, 0.15) is 0 Å². The summed E-state index contributed by atoms with van der Waals surface area (Å²) in [5.41, 5.74) is 2.09. The van der Waals surface area contributed by atoms with E-state index >= 15 is 0 Å². The molecule has 92 valence electrons. The van der Waals surface area contributed by atoms with Crippen molar-refractivity contribution >= 4 is 11.6 Å². The van der Waals surface area contributed by atoms with Crippen molar-refractivity contribution < 1.29 is 0 Å². The van der Waals surface area contributed by atoms with E-state index in [9.17, 15) is 0 Å². The van der Waals surface area contributed by atoms with Crippen LogP contribution in [-0.2, 0) is 20.0 Å². The van der Waals surface area contributed by atoms with Crippen LogP contribution in [0.4, 0.5) is 0 Å². The van der Waals surface area contributed by atoms with E-state index in [0.29, 0.717) is 0 Å². The highest BCUT2D eigenvalue weighted by Crippen LogP contribution is 2.20. The van der Waals surface area contributed by atoms with E-state index in [1.165, 1.54) is 19.3 Å². The molecule has 1 aromatic rings. The van der Waals surface area contributed by atoms with E-state index < -0.39 is 0 Å². The van der Waals surface area contributed by atoms with E-state index in [1.807, 2.05) is 11.7 Å². The maximum absolute atomic E-state index is 6.25. The van der Waals surface area contributed by atoms with Crippen LogP contribution in [0.2, 0.25) is 5.02 Å². The summed E-state index contributed by atoms with van der Waals surface area (Å²) >= 11 is 6.25. The molecule has 0 unspecified atom stereocenters. The number of aromatic nitrogens is 2. The van der Waals surface area contributed by atoms with Crippen LogP contribution in [0.5, 0.6) is 0 Å². The first-order valence-electron chi connectivity index (χ1n) is 6.11. The summed E-state index contributed by atoms with van der Waals surface area (Å²) in [6, 6.07) is 0. The van der Waals surface area contributed by atoms with Gasteiger partial charge in [0, 0.05) is 13.6 Å². The molecule has 4 heteroatoms. The first kappa shape index (κ1) is 13.5. The minimum absolute atomic E-state index is 0.812. The summed E-state index contributed by atoms with van der Waals surface area (Å²) in [5.74, 6) is 0. The molecule has 0 saturated heterocycles. The Balaban J connectivity index is 2.44. The van der Waals surface area contributed by atoms with Gasteiger partial charge in [-0.05, 0) is 19.4 Å². The van der Waals surface area contributed by atoms with Gasteiger partial charge in [0.05, 0.1) is 16.4 Å². The number of rotatable bonds is 7. The van der Waals surface area contributed by atoms with Crippen LogP contribution in [-0.4, -0.2) is 16.3 Å². The summed E-state index contributed by atoms with van der Waals surface area (Å²) < 4.78 is 1.88. The molecule has 0 amide bonds. The van der Waals surface area contributed by atoms with Crippen molar-refractivity contribution in [3.63, 3.8) is 0 Å². The number of unbranched alkanes of at least 4 members (excludes halogenated alkanes) is 2. The number of halogens is 1. The number of nitrogens with one attached hydrogen (secondary N) is 1. The monoisotopic (exact) mass is 243 g/mol. The average molecular weight is 244 g/mol. The van der Waals surface area contributed by atoms with Crippen LogP contribution in [0.1, 0.15) is 44.5 Å². The summed E-state index contributed by atoms with van der Waals surface area (Å²) in [7, 11) is 1.95. The molecule has 0 saturated carbocycles. The smallest absolute Gasteiger partial charge is 0.0863 e. The Morgan fingerprint density at radius 2 is 2.06 bits per heavy atom. The van der Waals surface area contributed by atoms with Gasteiger partial charge in [0.25, 0.3) is 0 Å². The van der Waals surface area contributed by atoms with Gasteiger partial charge < -0.3 is 5.32 Å². The summed E-state index contributed by atoms with van der Waals surface area (Å²) in [5, 5.41) is 8.63. The van der Waals surface area contributed by atoms with E-state index in [0.717, 1.165) is 35.9 Å². The van der Waals surface area contributed by atoms with Crippen molar-refractivity contribution in [3.8, 4) is 0 Å². The Labute approximate surface area is 103 Å². The van der Waals surface area contributed by atoms with Crippen molar-refractivity contribution in [2.75, 3.05) is 6.54 Å². The van der Waals surface area contributed by atoms with Crippen LogP contribution in [0.15, 0.2) is 0 Å². The van der Waals surface area contributed by atoms with Crippen LogP contribution in [0, 0.1) is 0 Å². The van der Waals surface area contributed by atoms with Gasteiger partial charge in [-0.1, -0.05) is 38.3 Å². The summed E-state index contributed by atoms with van der Waals surface area (Å²) in [6.07, 6.45) is 4.66.